The third-order valence-electron chi connectivity index (χ3n) is 7.35. The molecule has 17 heteroatoms. The number of morpholine rings is 1. The second kappa shape index (κ2) is 20.2. The van der Waals surface area contributed by atoms with Gasteiger partial charge in [0.25, 0.3) is 11.8 Å². The quantitative estimate of drug-likeness (QED) is 0.248. The van der Waals surface area contributed by atoms with E-state index in [4.69, 9.17) is 32.5 Å². The lowest BCUT2D eigenvalue weighted by Crippen LogP contribution is -2.43. The van der Waals surface area contributed by atoms with E-state index in [0.717, 1.165) is 40.8 Å². The molecular formula is C30H40Cl3N5O7S2. The Bertz CT molecular complexity index is 1370. The van der Waals surface area contributed by atoms with Crippen molar-refractivity contribution in [1.29, 1.82) is 0 Å². The molecule has 0 bridgehead atoms. The maximum Gasteiger partial charge on any atom is 0.414 e. The summed E-state index contributed by atoms with van der Waals surface area (Å²) in [6.45, 7) is 1.48. The fraction of sp³-hybridized carbons (Fsp3) is 0.500. The van der Waals surface area contributed by atoms with E-state index in [2.05, 4.69) is 0 Å². The standard InChI is InChI=1S/C30H38ClN5O7S2.2ClH/c31-25-12-11-24(45-25)28(39)36(26(37)6-2-4-16-44-29(40)23(33)5-1-3-13-32)18-22-17-35(30(41)43-22)21-9-7-20(8-10-21)34-14-15-42-19-27(34)38;;/h7-12,22-23H,1-6,13-19,32-33H2;2*1H/t22-,23+;;/m1../s1. The Kier molecular flexibility index (Phi) is 17.5. The molecule has 4 rings (SSSR count). The van der Waals surface area contributed by atoms with Crippen molar-refractivity contribution in [3.63, 3.8) is 0 Å². The van der Waals surface area contributed by atoms with Crippen LogP contribution < -0.4 is 21.3 Å². The molecule has 4 amide bonds. The number of imide groups is 1. The van der Waals surface area contributed by atoms with E-state index in [1.165, 1.54) is 4.90 Å². The molecule has 4 N–H and O–H groups in total. The number of thiophene rings is 1. The molecule has 0 unspecified atom stereocenters. The molecule has 2 atom stereocenters. The molecule has 0 radical (unpaired) electrons. The van der Waals surface area contributed by atoms with Gasteiger partial charge < -0.3 is 25.8 Å². The van der Waals surface area contributed by atoms with Crippen LogP contribution in [0.4, 0.5) is 16.2 Å². The zero-order valence-electron chi connectivity index (χ0n) is 25.7. The fourth-order valence-electron chi connectivity index (χ4n) is 4.91. The Morgan fingerprint density at radius 1 is 1.02 bits per heavy atom. The number of halogens is 3. The van der Waals surface area contributed by atoms with E-state index >= 15 is 0 Å². The van der Waals surface area contributed by atoms with Gasteiger partial charge in [0.05, 0.1) is 35.0 Å². The Labute approximate surface area is 299 Å². The summed E-state index contributed by atoms with van der Waals surface area (Å²) in [6.07, 6.45) is 1.99. The number of unbranched alkanes of at least 4 members (excludes halogenated alkanes) is 2. The molecule has 2 aromatic rings. The van der Waals surface area contributed by atoms with Gasteiger partial charge >= 0.3 is 6.09 Å². The SMILES string of the molecule is Cl.Cl.NCCCC[C@H](N)C(=O)SCCCCC(=O)N(C[C@H]1CN(c2ccc(N3CCOCC3=O)cc2)C(=O)O1)C(=O)c1ccc(Cl)s1. The predicted octanol–water partition coefficient (Wildman–Crippen LogP) is 4.49. The van der Waals surface area contributed by atoms with Gasteiger partial charge in [-0.1, -0.05) is 29.8 Å². The predicted molar refractivity (Wildman–Crippen MR) is 189 cm³/mol. The van der Waals surface area contributed by atoms with Crippen molar-refractivity contribution in [2.24, 2.45) is 11.5 Å². The van der Waals surface area contributed by atoms with Crippen molar-refractivity contribution in [2.75, 3.05) is 54.9 Å². The average molecular weight is 753 g/mol. The number of amides is 4. The van der Waals surface area contributed by atoms with Gasteiger partial charge in [0.2, 0.25) is 11.0 Å². The van der Waals surface area contributed by atoms with Crippen LogP contribution in [0.2, 0.25) is 4.34 Å². The number of benzene rings is 1. The molecule has 1 aromatic carbocycles. The monoisotopic (exact) mass is 751 g/mol. The number of carbonyl (C=O) groups is 5. The maximum absolute atomic E-state index is 13.4. The molecule has 2 aliphatic rings. The number of nitrogens with zero attached hydrogens (tertiary/aromatic N) is 3. The van der Waals surface area contributed by atoms with Gasteiger partial charge in [-0.2, -0.15) is 0 Å². The van der Waals surface area contributed by atoms with Crippen LogP contribution in [0, 0.1) is 0 Å². The van der Waals surface area contributed by atoms with Crippen molar-refractivity contribution in [1.82, 2.24) is 4.90 Å². The number of hydrogen-bond acceptors (Lipinski definition) is 11. The minimum atomic E-state index is -0.754. The summed E-state index contributed by atoms with van der Waals surface area (Å²) in [5.41, 5.74) is 12.7. The number of hydrogen-bond donors (Lipinski definition) is 2. The lowest BCUT2D eigenvalue weighted by molar-refractivity contribution is -0.129. The third-order valence-corrected chi connectivity index (χ3v) is 9.65. The number of ether oxygens (including phenoxy) is 2. The Morgan fingerprint density at radius 3 is 2.36 bits per heavy atom. The highest BCUT2D eigenvalue weighted by atomic mass is 35.5. The van der Waals surface area contributed by atoms with Gasteiger partial charge in [-0.15, -0.1) is 36.2 Å². The van der Waals surface area contributed by atoms with Crippen LogP contribution in [-0.2, 0) is 23.9 Å². The van der Waals surface area contributed by atoms with Gasteiger partial charge in [-0.05, 0) is 68.6 Å². The van der Waals surface area contributed by atoms with Gasteiger partial charge in [-0.25, -0.2) is 4.79 Å². The molecule has 2 aliphatic heterocycles. The minimum Gasteiger partial charge on any atom is -0.442 e. The van der Waals surface area contributed by atoms with Crippen molar-refractivity contribution >= 4 is 99.8 Å². The van der Waals surface area contributed by atoms with Crippen molar-refractivity contribution in [2.45, 2.75) is 50.7 Å². The maximum atomic E-state index is 13.4. The Balaban J connectivity index is 0.00000384. The molecule has 0 aliphatic carbocycles. The second-order valence-corrected chi connectivity index (χ2v) is 13.5. The summed E-state index contributed by atoms with van der Waals surface area (Å²) in [6, 6.07) is 9.55. The number of cyclic esters (lactones) is 1. The summed E-state index contributed by atoms with van der Waals surface area (Å²) in [7, 11) is 0. The number of carbonyl (C=O) groups excluding carboxylic acids is 5. The normalized spacial score (nSPS) is 16.6. The van der Waals surface area contributed by atoms with Crippen molar-refractivity contribution in [3.05, 3.63) is 45.6 Å². The van der Waals surface area contributed by atoms with E-state index in [-0.39, 0.29) is 62.0 Å². The Morgan fingerprint density at radius 2 is 1.72 bits per heavy atom. The van der Waals surface area contributed by atoms with Crippen LogP contribution in [0.15, 0.2) is 36.4 Å². The second-order valence-electron chi connectivity index (χ2n) is 10.7. The summed E-state index contributed by atoms with van der Waals surface area (Å²) < 4.78 is 11.2. The van der Waals surface area contributed by atoms with E-state index in [0.29, 0.717) is 65.3 Å². The molecule has 2 saturated heterocycles. The first-order valence-corrected chi connectivity index (χ1v) is 17.0. The van der Waals surface area contributed by atoms with E-state index < -0.39 is 30.1 Å². The first-order valence-electron chi connectivity index (χ1n) is 14.9. The minimum absolute atomic E-state index is 0. The summed E-state index contributed by atoms with van der Waals surface area (Å²) in [4.78, 5) is 68.4. The van der Waals surface area contributed by atoms with Crippen LogP contribution in [0.25, 0.3) is 0 Å². The highest BCUT2D eigenvalue weighted by Crippen LogP contribution is 2.28. The Hall–Kier alpha value is -2.43. The lowest BCUT2D eigenvalue weighted by atomic mass is 10.1. The average Bonchev–Trinajstić information content (AvgIpc) is 3.64. The highest BCUT2D eigenvalue weighted by molar-refractivity contribution is 8.13. The van der Waals surface area contributed by atoms with E-state index in [9.17, 15) is 24.0 Å². The van der Waals surface area contributed by atoms with Crippen LogP contribution in [0.3, 0.4) is 0 Å². The molecule has 2 fully saturated rings. The third kappa shape index (κ3) is 11.6. The van der Waals surface area contributed by atoms with Gasteiger partial charge in [0, 0.05) is 30.1 Å². The van der Waals surface area contributed by atoms with E-state index in [1.807, 2.05) is 0 Å². The van der Waals surface area contributed by atoms with Crippen LogP contribution in [0.1, 0.15) is 48.2 Å². The van der Waals surface area contributed by atoms with Crippen molar-refractivity contribution in [3.8, 4) is 0 Å². The number of rotatable bonds is 15. The van der Waals surface area contributed by atoms with Crippen LogP contribution in [0.5, 0.6) is 0 Å². The summed E-state index contributed by atoms with van der Waals surface area (Å²) >= 11 is 8.27. The zero-order chi connectivity index (χ0) is 32.3. The first kappa shape index (κ1) is 40.7. The van der Waals surface area contributed by atoms with Gasteiger partial charge in [-0.3, -0.25) is 29.0 Å². The lowest BCUT2D eigenvalue weighted by Gasteiger charge is -2.27. The molecule has 3 heterocycles. The van der Waals surface area contributed by atoms with Gasteiger partial charge in [0.1, 0.15) is 12.7 Å². The largest absolute Gasteiger partial charge is 0.442 e. The summed E-state index contributed by atoms with van der Waals surface area (Å²) in [5, 5.41) is -0.0819. The number of thioether (sulfide) groups is 1. The van der Waals surface area contributed by atoms with Crippen LogP contribution >= 0.6 is 59.5 Å². The zero-order valence-corrected chi connectivity index (χ0v) is 29.7. The molecule has 12 nitrogen and oxygen atoms in total. The molecule has 47 heavy (non-hydrogen) atoms. The van der Waals surface area contributed by atoms with E-state index in [1.54, 1.807) is 41.3 Å². The molecule has 1 aromatic heterocycles. The summed E-state index contributed by atoms with van der Waals surface area (Å²) in [5.74, 6) is -0.548. The number of anilines is 2. The first-order chi connectivity index (χ1) is 21.7. The topological polar surface area (TPSA) is 166 Å². The van der Waals surface area contributed by atoms with Crippen LogP contribution in [-0.4, -0.2) is 91.1 Å². The van der Waals surface area contributed by atoms with Gasteiger partial charge in [0.15, 0.2) is 0 Å². The fourth-order valence-corrected chi connectivity index (χ4v) is 6.79. The molecular weight excluding hydrogens is 713 g/mol. The van der Waals surface area contributed by atoms with Crippen molar-refractivity contribution < 1.29 is 33.4 Å². The number of nitrogens with two attached hydrogens (primary N) is 2. The molecule has 0 saturated carbocycles. The molecule has 260 valence electrons. The smallest absolute Gasteiger partial charge is 0.414 e. The molecule has 0 spiro atoms. The highest BCUT2D eigenvalue weighted by Gasteiger charge is 2.36.